The quantitative estimate of drug-likeness (QED) is 0.812. The summed E-state index contributed by atoms with van der Waals surface area (Å²) in [6.07, 6.45) is 3.69. The van der Waals surface area contributed by atoms with E-state index in [-0.39, 0.29) is 17.9 Å². The molecule has 1 unspecified atom stereocenters. The number of aryl methyl sites for hydroxylation is 1. The first-order chi connectivity index (χ1) is 10.00. The van der Waals surface area contributed by atoms with Gasteiger partial charge in [0.2, 0.25) is 11.8 Å². The molecule has 21 heavy (non-hydrogen) atoms. The molecule has 0 aromatic carbocycles. The first-order valence-corrected chi connectivity index (χ1v) is 7.35. The Balaban J connectivity index is 1.88. The molecule has 1 aromatic heterocycles. The van der Waals surface area contributed by atoms with Gasteiger partial charge in [-0.15, -0.1) is 10.2 Å². The Morgan fingerprint density at radius 3 is 2.67 bits per heavy atom. The summed E-state index contributed by atoms with van der Waals surface area (Å²) in [5, 5.41) is 14.8. The Labute approximate surface area is 122 Å². The summed E-state index contributed by atoms with van der Waals surface area (Å²) in [4.78, 5) is 28.1. The second-order valence-electron chi connectivity index (χ2n) is 6.02. The van der Waals surface area contributed by atoms with Crippen LogP contribution in [0.25, 0.3) is 0 Å². The van der Waals surface area contributed by atoms with Gasteiger partial charge in [0.1, 0.15) is 5.54 Å². The standard InChI is InChI=1S/C13H20N6O2/c1-9-7-11(20)14-13(5-3-4-6-13)12(21)19(9)8-10-15-17-18(2)16-10/h9H,3-8H2,1-2H3,(H,14,20). The highest BCUT2D eigenvalue weighted by molar-refractivity contribution is 5.94. The predicted molar refractivity (Wildman–Crippen MR) is 72.8 cm³/mol. The van der Waals surface area contributed by atoms with Crippen LogP contribution < -0.4 is 5.32 Å². The Bertz CT molecular complexity index is 563. The number of nitrogens with one attached hydrogen (secondary N) is 1. The van der Waals surface area contributed by atoms with Crippen LogP contribution in [-0.2, 0) is 23.2 Å². The zero-order chi connectivity index (χ0) is 15.0. The zero-order valence-corrected chi connectivity index (χ0v) is 12.4. The molecule has 1 N–H and O–H groups in total. The molecule has 1 spiro atoms. The molecule has 3 rings (SSSR count). The van der Waals surface area contributed by atoms with E-state index >= 15 is 0 Å². The zero-order valence-electron chi connectivity index (χ0n) is 12.4. The summed E-state index contributed by atoms with van der Waals surface area (Å²) in [5.74, 6) is 0.443. The highest BCUT2D eigenvalue weighted by Gasteiger charge is 2.48. The van der Waals surface area contributed by atoms with E-state index in [1.54, 1.807) is 11.9 Å². The fourth-order valence-corrected chi connectivity index (χ4v) is 3.31. The van der Waals surface area contributed by atoms with E-state index in [1.807, 2.05) is 6.92 Å². The van der Waals surface area contributed by atoms with Gasteiger partial charge < -0.3 is 10.2 Å². The Hall–Kier alpha value is -1.99. The molecule has 0 bridgehead atoms. The third-order valence-corrected chi connectivity index (χ3v) is 4.38. The number of aromatic nitrogens is 4. The van der Waals surface area contributed by atoms with E-state index < -0.39 is 5.54 Å². The SMILES string of the molecule is CC1CC(=O)NC2(CCCC2)C(=O)N1Cc1nnn(C)n1. The minimum Gasteiger partial charge on any atom is -0.342 e. The van der Waals surface area contributed by atoms with Gasteiger partial charge in [0.25, 0.3) is 0 Å². The van der Waals surface area contributed by atoms with Crippen molar-refractivity contribution < 1.29 is 9.59 Å². The van der Waals surface area contributed by atoms with E-state index in [9.17, 15) is 9.59 Å². The van der Waals surface area contributed by atoms with E-state index in [4.69, 9.17) is 0 Å². The lowest BCUT2D eigenvalue weighted by Crippen LogP contribution is -2.55. The molecule has 1 aromatic rings. The third kappa shape index (κ3) is 2.50. The average molecular weight is 292 g/mol. The van der Waals surface area contributed by atoms with Gasteiger partial charge in [0.15, 0.2) is 5.82 Å². The highest BCUT2D eigenvalue weighted by atomic mass is 16.2. The number of hydrogen-bond acceptors (Lipinski definition) is 5. The average Bonchev–Trinajstić information content (AvgIpc) is 3.03. The van der Waals surface area contributed by atoms with Crippen LogP contribution >= 0.6 is 0 Å². The lowest BCUT2D eigenvalue weighted by Gasteiger charge is -2.33. The van der Waals surface area contributed by atoms with E-state index in [0.717, 1.165) is 12.8 Å². The molecular formula is C13H20N6O2. The van der Waals surface area contributed by atoms with E-state index in [0.29, 0.717) is 31.6 Å². The number of amides is 2. The molecule has 1 aliphatic carbocycles. The van der Waals surface area contributed by atoms with Crippen molar-refractivity contribution in [2.75, 3.05) is 0 Å². The molecule has 0 radical (unpaired) electrons. The Morgan fingerprint density at radius 2 is 2.05 bits per heavy atom. The topological polar surface area (TPSA) is 93.0 Å². The molecule has 1 aliphatic heterocycles. The van der Waals surface area contributed by atoms with Crippen LogP contribution in [0.1, 0.15) is 44.9 Å². The highest BCUT2D eigenvalue weighted by Crippen LogP contribution is 2.34. The number of carbonyl (C=O) groups is 2. The van der Waals surface area contributed by atoms with Crippen molar-refractivity contribution in [1.82, 2.24) is 30.4 Å². The molecule has 8 nitrogen and oxygen atoms in total. The van der Waals surface area contributed by atoms with Crippen LogP contribution in [0.5, 0.6) is 0 Å². The number of nitrogens with zero attached hydrogens (tertiary/aromatic N) is 5. The maximum absolute atomic E-state index is 13.0. The second-order valence-corrected chi connectivity index (χ2v) is 6.02. The van der Waals surface area contributed by atoms with Crippen LogP contribution in [0.4, 0.5) is 0 Å². The molecule has 2 aliphatic rings. The minimum atomic E-state index is -0.718. The molecule has 2 heterocycles. The van der Waals surface area contributed by atoms with Crippen molar-refractivity contribution >= 4 is 11.8 Å². The summed E-state index contributed by atoms with van der Waals surface area (Å²) < 4.78 is 0. The number of carbonyl (C=O) groups excluding carboxylic acids is 2. The molecule has 1 saturated heterocycles. The summed E-state index contributed by atoms with van der Waals surface area (Å²) in [6, 6.07) is -0.165. The summed E-state index contributed by atoms with van der Waals surface area (Å²) in [6.45, 7) is 2.19. The molecule has 8 heteroatoms. The number of hydrogen-bond donors (Lipinski definition) is 1. The lowest BCUT2D eigenvalue weighted by molar-refractivity contribution is -0.140. The fourth-order valence-electron chi connectivity index (χ4n) is 3.31. The predicted octanol–water partition coefficient (Wildman–Crippen LogP) is -0.240. The largest absolute Gasteiger partial charge is 0.342 e. The molecule has 114 valence electrons. The first kappa shape index (κ1) is 14.0. The van der Waals surface area contributed by atoms with Gasteiger partial charge in [-0.1, -0.05) is 12.8 Å². The molecule has 2 amide bonds. The van der Waals surface area contributed by atoms with Crippen LogP contribution in [0, 0.1) is 0 Å². The van der Waals surface area contributed by atoms with Crippen LogP contribution in [0.3, 0.4) is 0 Å². The smallest absolute Gasteiger partial charge is 0.248 e. The summed E-state index contributed by atoms with van der Waals surface area (Å²) in [7, 11) is 1.69. The van der Waals surface area contributed by atoms with Crippen molar-refractivity contribution in [3.8, 4) is 0 Å². The monoisotopic (exact) mass is 292 g/mol. The molecule has 1 saturated carbocycles. The summed E-state index contributed by atoms with van der Waals surface area (Å²) in [5.41, 5.74) is -0.718. The molecular weight excluding hydrogens is 272 g/mol. The number of tetrazole rings is 1. The van der Waals surface area contributed by atoms with Gasteiger partial charge >= 0.3 is 0 Å². The van der Waals surface area contributed by atoms with Gasteiger partial charge in [0.05, 0.1) is 13.6 Å². The van der Waals surface area contributed by atoms with Gasteiger partial charge in [0, 0.05) is 12.5 Å². The van der Waals surface area contributed by atoms with Crippen LogP contribution in [0.15, 0.2) is 0 Å². The fraction of sp³-hybridized carbons (Fsp3) is 0.769. The summed E-state index contributed by atoms with van der Waals surface area (Å²) >= 11 is 0. The molecule has 2 fully saturated rings. The van der Waals surface area contributed by atoms with Gasteiger partial charge in [-0.05, 0) is 25.0 Å². The van der Waals surface area contributed by atoms with Gasteiger partial charge in [-0.2, -0.15) is 4.80 Å². The van der Waals surface area contributed by atoms with Crippen molar-refractivity contribution in [2.45, 2.75) is 57.2 Å². The second kappa shape index (κ2) is 5.09. The molecule has 1 atom stereocenters. The van der Waals surface area contributed by atoms with Crippen LogP contribution in [-0.4, -0.2) is 48.5 Å². The van der Waals surface area contributed by atoms with Crippen LogP contribution in [0.2, 0.25) is 0 Å². The van der Waals surface area contributed by atoms with Crippen molar-refractivity contribution in [1.29, 1.82) is 0 Å². The van der Waals surface area contributed by atoms with Gasteiger partial charge in [-0.3, -0.25) is 9.59 Å². The maximum atomic E-state index is 13.0. The van der Waals surface area contributed by atoms with Crippen molar-refractivity contribution in [2.24, 2.45) is 7.05 Å². The minimum absolute atomic E-state index is 0.00852. The number of rotatable bonds is 2. The van der Waals surface area contributed by atoms with Crippen molar-refractivity contribution in [3.05, 3.63) is 5.82 Å². The first-order valence-electron chi connectivity index (χ1n) is 7.35. The Morgan fingerprint density at radius 1 is 1.33 bits per heavy atom. The Kier molecular flexibility index (Phi) is 3.38. The van der Waals surface area contributed by atoms with E-state index in [2.05, 4.69) is 20.7 Å². The van der Waals surface area contributed by atoms with E-state index in [1.165, 1.54) is 4.80 Å². The van der Waals surface area contributed by atoms with Gasteiger partial charge in [-0.25, -0.2) is 0 Å². The normalized spacial score (nSPS) is 25.2. The third-order valence-electron chi connectivity index (χ3n) is 4.38. The van der Waals surface area contributed by atoms with Crippen molar-refractivity contribution in [3.63, 3.8) is 0 Å². The lowest BCUT2D eigenvalue weighted by atomic mass is 9.95. The maximum Gasteiger partial charge on any atom is 0.248 e.